The molecule has 36 heavy (non-hydrogen) atoms. The van der Waals surface area contributed by atoms with Crippen molar-refractivity contribution in [1.82, 2.24) is 15.2 Å². The van der Waals surface area contributed by atoms with E-state index in [9.17, 15) is 14.4 Å². The van der Waals surface area contributed by atoms with Crippen molar-refractivity contribution in [2.45, 2.75) is 76.9 Å². The van der Waals surface area contributed by atoms with Crippen LogP contribution in [0.4, 0.5) is 16.2 Å². The molecule has 2 aromatic rings. The van der Waals surface area contributed by atoms with E-state index in [1.807, 2.05) is 35.2 Å². The minimum Gasteiger partial charge on any atom is -0.310 e. The first-order valence-corrected chi connectivity index (χ1v) is 12.8. The maximum atomic E-state index is 13.6. The third kappa shape index (κ3) is 4.17. The van der Waals surface area contributed by atoms with Gasteiger partial charge in [0.05, 0.1) is 12.2 Å². The summed E-state index contributed by atoms with van der Waals surface area (Å²) < 4.78 is 0. The Labute approximate surface area is 212 Å². The van der Waals surface area contributed by atoms with Crippen molar-refractivity contribution in [3.63, 3.8) is 0 Å². The smallest absolute Gasteiger partial charge is 0.310 e. The summed E-state index contributed by atoms with van der Waals surface area (Å²) in [5.74, 6) is -0.260. The number of rotatable bonds is 6. The summed E-state index contributed by atoms with van der Waals surface area (Å²) in [6.07, 6.45) is 8.01. The monoisotopic (exact) mass is 489 g/mol. The van der Waals surface area contributed by atoms with E-state index >= 15 is 0 Å². The molecule has 1 aromatic carbocycles. The van der Waals surface area contributed by atoms with E-state index in [1.165, 1.54) is 17.7 Å². The first kappa shape index (κ1) is 24.4. The van der Waals surface area contributed by atoms with E-state index in [1.54, 1.807) is 31.1 Å². The number of hydrogen-bond acceptors (Lipinski definition) is 5. The second-order valence-electron chi connectivity index (χ2n) is 11.4. The number of amides is 4. The highest BCUT2D eigenvalue weighted by Gasteiger charge is 2.52. The van der Waals surface area contributed by atoms with Crippen molar-refractivity contribution < 1.29 is 14.4 Å². The minimum atomic E-state index is -1.00. The van der Waals surface area contributed by atoms with Crippen molar-refractivity contribution in [2.75, 3.05) is 22.9 Å². The van der Waals surface area contributed by atoms with E-state index in [0.29, 0.717) is 31.4 Å². The number of imide groups is 1. The third-order valence-electron chi connectivity index (χ3n) is 7.92. The Morgan fingerprint density at radius 3 is 2.44 bits per heavy atom. The number of carbonyl (C=O) groups is 3. The van der Waals surface area contributed by atoms with Gasteiger partial charge in [0.2, 0.25) is 5.91 Å². The van der Waals surface area contributed by atoms with Gasteiger partial charge >= 0.3 is 6.03 Å². The second kappa shape index (κ2) is 9.00. The number of nitrogens with zero attached hydrogens (tertiary/aromatic N) is 4. The molecular formula is C28H35N5O3. The van der Waals surface area contributed by atoms with Crippen LogP contribution < -0.4 is 15.1 Å². The summed E-state index contributed by atoms with van der Waals surface area (Å²) in [4.78, 5) is 49.0. The van der Waals surface area contributed by atoms with Gasteiger partial charge in [-0.3, -0.25) is 14.6 Å². The predicted molar refractivity (Wildman–Crippen MR) is 139 cm³/mol. The quantitative estimate of drug-likeness (QED) is 0.621. The highest BCUT2D eigenvalue weighted by molar-refractivity contribution is 6.23. The molecule has 0 atom stereocenters. The van der Waals surface area contributed by atoms with E-state index in [4.69, 9.17) is 0 Å². The van der Waals surface area contributed by atoms with Gasteiger partial charge in [-0.2, -0.15) is 0 Å². The Balaban J connectivity index is 1.42. The Morgan fingerprint density at radius 2 is 1.75 bits per heavy atom. The normalized spacial score (nSPS) is 20.9. The number of pyridine rings is 1. The van der Waals surface area contributed by atoms with E-state index in [-0.39, 0.29) is 23.3 Å². The number of carbonyl (C=O) groups excluding carboxylic acids is 3. The van der Waals surface area contributed by atoms with Crippen LogP contribution in [0.25, 0.3) is 0 Å². The lowest BCUT2D eigenvalue weighted by molar-refractivity contribution is -0.123. The lowest BCUT2D eigenvalue weighted by atomic mass is 9.87. The third-order valence-corrected chi connectivity index (χ3v) is 7.92. The fourth-order valence-electron chi connectivity index (χ4n) is 5.70. The summed E-state index contributed by atoms with van der Waals surface area (Å²) in [6, 6.07) is 9.35. The zero-order valence-electron chi connectivity index (χ0n) is 21.6. The molecule has 1 N–H and O–H groups in total. The molecular weight excluding hydrogens is 454 g/mol. The molecule has 5 rings (SSSR count). The van der Waals surface area contributed by atoms with Gasteiger partial charge in [0.25, 0.3) is 5.91 Å². The van der Waals surface area contributed by atoms with Crippen molar-refractivity contribution in [3.8, 4) is 0 Å². The average molecular weight is 490 g/mol. The number of nitrogens with one attached hydrogen (secondary N) is 1. The molecule has 2 aliphatic heterocycles. The van der Waals surface area contributed by atoms with Crippen LogP contribution >= 0.6 is 0 Å². The van der Waals surface area contributed by atoms with Crippen LogP contribution in [0.5, 0.6) is 0 Å². The minimum absolute atomic E-state index is 0.0181. The number of hydrogen-bond donors (Lipinski definition) is 1. The molecule has 1 saturated carbocycles. The van der Waals surface area contributed by atoms with Gasteiger partial charge in [0, 0.05) is 42.6 Å². The van der Waals surface area contributed by atoms with Crippen LogP contribution in [-0.2, 0) is 21.5 Å². The standard InChI is InChI=1S/C28H35N5O3/c1-27(2)18-31(24(34)16-30-20-7-5-6-8-20)23-15-21(9-10-22(23)27)33-25(35)28(3,4)32(26(33)36)17-19-11-13-29-14-12-19/h9-15,20,30H,5-8,16-18H2,1-4H3. The van der Waals surface area contributed by atoms with Gasteiger partial charge in [-0.15, -0.1) is 0 Å². The maximum Gasteiger partial charge on any atom is 0.332 e. The summed E-state index contributed by atoms with van der Waals surface area (Å²) in [7, 11) is 0. The van der Waals surface area contributed by atoms with E-state index in [2.05, 4.69) is 24.1 Å². The highest BCUT2D eigenvalue weighted by Crippen LogP contribution is 2.44. The molecule has 8 nitrogen and oxygen atoms in total. The van der Waals surface area contributed by atoms with Crippen LogP contribution in [-0.4, -0.2) is 52.4 Å². The fraction of sp³-hybridized carbons (Fsp3) is 0.500. The first-order valence-electron chi connectivity index (χ1n) is 12.8. The number of urea groups is 1. The molecule has 0 radical (unpaired) electrons. The van der Waals surface area contributed by atoms with Crippen LogP contribution in [0.2, 0.25) is 0 Å². The molecule has 0 bridgehead atoms. The summed E-state index contributed by atoms with van der Waals surface area (Å²) in [6.45, 7) is 8.96. The average Bonchev–Trinajstić information content (AvgIpc) is 3.51. The molecule has 8 heteroatoms. The van der Waals surface area contributed by atoms with Crippen LogP contribution in [0.15, 0.2) is 42.7 Å². The molecule has 190 valence electrons. The fourth-order valence-corrected chi connectivity index (χ4v) is 5.70. The lowest BCUT2D eigenvalue weighted by Crippen LogP contribution is -2.43. The first-order chi connectivity index (χ1) is 17.1. The van der Waals surface area contributed by atoms with Gasteiger partial charge in [0.15, 0.2) is 0 Å². The Hall–Kier alpha value is -3.26. The molecule has 1 aliphatic carbocycles. The Kier molecular flexibility index (Phi) is 6.11. The van der Waals surface area contributed by atoms with Crippen LogP contribution in [0, 0.1) is 0 Å². The number of aromatic nitrogens is 1. The molecule has 4 amide bonds. The molecule has 2 fully saturated rings. The van der Waals surface area contributed by atoms with Gasteiger partial charge < -0.3 is 15.1 Å². The molecule has 0 spiro atoms. The van der Waals surface area contributed by atoms with E-state index in [0.717, 1.165) is 29.7 Å². The van der Waals surface area contributed by atoms with Gasteiger partial charge in [-0.05, 0) is 62.1 Å². The SMILES string of the molecule is CC1(C)CN(C(=O)CNC2CCCC2)c2cc(N3C(=O)N(Cc4ccncc4)C(C)(C)C3=O)ccc21. The summed E-state index contributed by atoms with van der Waals surface area (Å²) in [5.41, 5.74) is 2.01. The van der Waals surface area contributed by atoms with Crippen LogP contribution in [0.3, 0.4) is 0 Å². The Morgan fingerprint density at radius 1 is 1.06 bits per heavy atom. The number of anilines is 2. The lowest BCUT2D eigenvalue weighted by Gasteiger charge is -2.27. The van der Waals surface area contributed by atoms with Gasteiger partial charge in [-0.1, -0.05) is 32.8 Å². The molecule has 3 aliphatic rings. The number of fused-ring (bicyclic) bond motifs is 1. The zero-order valence-corrected chi connectivity index (χ0v) is 21.6. The van der Waals surface area contributed by atoms with Crippen molar-refractivity contribution in [1.29, 1.82) is 0 Å². The zero-order chi connectivity index (χ0) is 25.7. The van der Waals surface area contributed by atoms with Crippen molar-refractivity contribution in [3.05, 3.63) is 53.9 Å². The molecule has 1 saturated heterocycles. The van der Waals surface area contributed by atoms with Gasteiger partial charge in [-0.25, -0.2) is 9.69 Å². The van der Waals surface area contributed by atoms with Crippen molar-refractivity contribution >= 4 is 29.2 Å². The van der Waals surface area contributed by atoms with Crippen LogP contribution in [0.1, 0.15) is 64.5 Å². The van der Waals surface area contributed by atoms with Crippen molar-refractivity contribution in [2.24, 2.45) is 0 Å². The molecule has 3 heterocycles. The van der Waals surface area contributed by atoms with Gasteiger partial charge in [0.1, 0.15) is 5.54 Å². The Bertz CT molecular complexity index is 1190. The van der Waals surface area contributed by atoms with E-state index < -0.39 is 5.54 Å². The second-order valence-corrected chi connectivity index (χ2v) is 11.4. The number of benzene rings is 1. The summed E-state index contributed by atoms with van der Waals surface area (Å²) in [5, 5.41) is 3.42. The predicted octanol–water partition coefficient (Wildman–Crippen LogP) is 3.99. The molecule has 0 unspecified atom stereocenters. The molecule has 1 aromatic heterocycles. The topological polar surface area (TPSA) is 85.8 Å². The largest absolute Gasteiger partial charge is 0.332 e. The summed E-state index contributed by atoms with van der Waals surface area (Å²) >= 11 is 0. The maximum absolute atomic E-state index is 13.6. The highest BCUT2D eigenvalue weighted by atomic mass is 16.2.